The van der Waals surface area contributed by atoms with Crippen LogP contribution in [0.3, 0.4) is 0 Å². The van der Waals surface area contributed by atoms with Gasteiger partial charge in [-0.2, -0.15) is 0 Å². The molecule has 0 N–H and O–H groups in total. The van der Waals surface area contributed by atoms with Gasteiger partial charge in [-0.25, -0.2) is 0 Å². The minimum atomic E-state index is -0.995. The fourth-order valence-electron chi connectivity index (χ4n) is 1.77. The van der Waals surface area contributed by atoms with Crippen molar-refractivity contribution in [3.8, 4) is 0 Å². The highest BCUT2D eigenvalue weighted by molar-refractivity contribution is 6.00. The normalized spacial score (nSPS) is 10.3. The Morgan fingerprint density at radius 1 is 0.947 bits per heavy atom. The lowest BCUT2D eigenvalue weighted by molar-refractivity contribution is -0.156. The zero-order valence-electron chi connectivity index (χ0n) is 11.6. The Balaban J connectivity index is 3.00. The molecular weight excluding hydrogens is 244 g/mol. The van der Waals surface area contributed by atoms with Gasteiger partial charge in [-0.15, -0.1) is 0 Å². The van der Waals surface area contributed by atoms with Gasteiger partial charge < -0.3 is 9.47 Å². The Bertz CT molecular complexity index is 404. The molecule has 0 radical (unpaired) electrons. The van der Waals surface area contributed by atoms with Gasteiger partial charge in [0.15, 0.2) is 5.92 Å². The van der Waals surface area contributed by atoms with E-state index in [1.807, 2.05) is 19.1 Å². The zero-order chi connectivity index (χ0) is 14.3. The van der Waals surface area contributed by atoms with E-state index < -0.39 is 17.9 Å². The van der Waals surface area contributed by atoms with Crippen LogP contribution < -0.4 is 0 Å². The summed E-state index contributed by atoms with van der Waals surface area (Å²) in [7, 11) is 0. The lowest BCUT2D eigenvalue weighted by Gasteiger charge is -2.15. The quantitative estimate of drug-likeness (QED) is 0.585. The van der Waals surface area contributed by atoms with Crippen molar-refractivity contribution in [1.29, 1.82) is 0 Å². The summed E-state index contributed by atoms with van der Waals surface area (Å²) in [6.45, 7) is 5.94. The average Bonchev–Trinajstić information content (AvgIpc) is 2.40. The van der Waals surface area contributed by atoms with E-state index in [4.69, 9.17) is 9.47 Å². The summed E-state index contributed by atoms with van der Waals surface area (Å²) in [4.78, 5) is 23.8. The van der Waals surface area contributed by atoms with Crippen LogP contribution in [0.2, 0.25) is 0 Å². The van der Waals surface area contributed by atoms with Crippen molar-refractivity contribution in [2.24, 2.45) is 0 Å². The Morgan fingerprint density at radius 3 is 1.79 bits per heavy atom. The van der Waals surface area contributed by atoms with Gasteiger partial charge in [0.05, 0.1) is 13.2 Å². The minimum absolute atomic E-state index is 0.238. The number of carbonyl (C=O) groups is 2. The topological polar surface area (TPSA) is 52.6 Å². The predicted octanol–water partition coefficient (Wildman–Crippen LogP) is 2.46. The van der Waals surface area contributed by atoms with Crippen LogP contribution in [0.25, 0.3) is 0 Å². The van der Waals surface area contributed by atoms with Gasteiger partial charge in [-0.1, -0.05) is 31.2 Å². The first-order chi connectivity index (χ1) is 9.13. The Hall–Kier alpha value is -1.84. The summed E-state index contributed by atoms with van der Waals surface area (Å²) in [5, 5.41) is 0. The highest BCUT2D eigenvalue weighted by Gasteiger charge is 2.31. The summed E-state index contributed by atoms with van der Waals surface area (Å²) in [6, 6.07) is 7.36. The first kappa shape index (κ1) is 15.2. The van der Waals surface area contributed by atoms with E-state index in [0.717, 1.165) is 12.0 Å². The van der Waals surface area contributed by atoms with Gasteiger partial charge in [0.2, 0.25) is 0 Å². The van der Waals surface area contributed by atoms with Gasteiger partial charge in [-0.05, 0) is 31.4 Å². The van der Waals surface area contributed by atoms with Crippen LogP contribution >= 0.6 is 0 Å². The van der Waals surface area contributed by atoms with Gasteiger partial charge in [0.1, 0.15) is 0 Å². The van der Waals surface area contributed by atoms with Crippen LogP contribution in [0.5, 0.6) is 0 Å². The molecule has 0 aromatic heterocycles. The first-order valence-electron chi connectivity index (χ1n) is 6.56. The van der Waals surface area contributed by atoms with E-state index in [0.29, 0.717) is 5.56 Å². The summed E-state index contributed by atoms with van der Waals surface area (Å²) in [5.41, 5.74) is 1.75. The number of aryl methyl sites for hydroxylation is 1. The van der Waals surface area contributed by atoms with E-state index >= 15 is 0 Å². The summed E-state index contributed by atoms with van der Waals surface area (Å²) < 4.78 is 9.89. The number of carbonyl (C=O) groups excluding carboxylic acids is 2. The van der Waals surface area contributed by atoms with Crippen molar-refractivity contribution in [3.63, 3.8) is 0 Å². The monoisotopic (exact) mass is 264 g/mol. The standard InChI is InChI=1S/C15H20O4/c1-4-11-7-9-12(10-8-11)13(14(16)18-5-2)15(17)19-6-3/h7-10,13H,4-6H2,1-3H3. The second kappa shape index (κ2) is 7.56. The molecule has 0 amide bonds. The zero-order valence-corrected chi connectivity index (χ0v) is 11.6. The number of ether oxygens (including phenoxy) is 2. The smallest absolute Gasteiger partial charge is 0.324 e. The minimum Gasteiger partial charge on any atom is -0.465 e. The van der Waals surface area contributed by atoms with Crippen LogP contribution in [-0.2, 0) is 25.5 Å². The third-order valence-corrected chi connectivity index (χ3v) is 2.77. The number of hydrogen-bond acceptors (Lipinski definition) is 4. The number of esters is 2. The van der Waals surface area contributed by atoms with Crippen molar-refractivity contribution in [2.45, 2.75) is 33.1 Å². The molecule has 0 saturated carbocycles. The Labute approximate surface area is 113 Å². The largest absolute Gasteiger partial charge is 0.465 e. The van der Waals surface area contributed by atoms with Gasteiger partial charge in [-0.3, -0.25) is 9.59 Å². The van der Waals surface area contributed by atoms with E-state index in [-0.39, 0.29) is 13.2 Å². The summed E-state index contributed by atoms with van der Waals surface area (Å²) in [5.74, 6) is -2.12. The van der Waals surface area contributed by atoms with Crippen molar-refractivity contribution in [2.75, 3.05) is 13.2 Å². The summed E-state index contributed by atoms with van der Waals surface area (Å²) >= 11 is 0. The molecule has 0 saturated heterocycles. The van der Waals surface area contributed by atoms with Crippen LogP contribution in [-0.4, -0.2) is 25.2 Å². The maximum Gasteiger partial charge on any atom is 0.324 e. The highest BCUT2D eigenvalue weighted by atomic mass is 16.6. The molecule has 4 heteroatoms. The molecule has 0 aliphatic carbocycles. The van der Waals surface area contributed by atoms with Gasteiger partial charge >= 0.3 is 11.9 Å². The van der Waals surface area contributed by atoms with Crippen LogP contribution in [0, 0.1) is 0 Å². The van der Waals surface area contributed by atoms with Crippen molar-refractivity contribution >= 4 is 11.9 Å². The van der Waals surface area contributed by atoms with Gasteiger partial charge in [0.25, 0.3) is 0 Å². The van der Waals surface area contributed by atoms with E-state index in [9.17, 15) is 9.59 Å². The molecule has 4 nitrogen and oxygen atoms in total. The van der Waals surface area contributed by atoms with Crippen molar-refractivity contribution in [1.82, 2.24) is 0 Å². The van der Waals surface area contributed by atoms with Crippen molar-refractivity contribution < 1.29 is 19.1 Å². The molecule has 1 rings (SSSR count). The third-order valence-electron chi connectivity index (χ3n) is 2.77. The fourth-order valence-corrected chi connectivity index (χ4v) is 1.77. The number of benzene rings is 1. The third kappa shape index (κ3) is 4.09. The molecule has 0 spiro atoms. The molecular formula is C15H20O4. The highest BCUT2D eigenvalue weighted by Crippen LogP contribution is 2.20. The van der Waals surface area contributed by atoms with E-state index in [1.54, 1.807) is 26.0 Å². The predicted molar refractivity (Wildman–Crippen MR) is 71.8 cm³/mol. The maximum atomic E-state index is 11.9. The SMILES string of the molecule is CCOC(=O)C(C(=O)OCC)c1ccc(CC)cc1. The second-order valence-electron chi connectivity index (χ2n) is 4.03. The van der Waals surface area contributed by atoms with Gasteiger partial charge in [0, 0.05) is 0 Å². The molecule has 0 aliphatic rings. The lowest BCUT2D eigenvalue weighted by Crippen LogP contribution is -2.26. The molecule has 19 heavy (non-hydrogen) atoms. The average molecular weight is 264 g/mol. The summed E-state index contributed by atoms with van der Waals surface area (Å²) in [6.07, 6.45) is 0.907. The second-order valence-corrected chi connectivity index (χ2v) is 4.03. The number of hydrogen-bond donors (Lipinski definition) is 0. The van der Waals surface area contributed by atoms with E-state index in [1.165, 1.54) is 0 Å². The maximum absolute atomic E-state index is 11.9. The Kier molecular flexibility index (Phi) is 6.06. The molecule has 0 aliphatic heterocycles. The molecule has 0 heterocycles. The fraction of sp³-hybridized carbons (Fsp3) is 0.467. The van der Waals surface area contributed by atoms with Crippen LogP contribution in [0.1, 0.15) is 37.8 Å². The van der Waals surface area contributed by atoms with Crippen LogP contribution in [0.15, 0.2) is 24.3 Å². The molecule has 0 unspecified atom stereocenters. The Morgan fingerprint density at radius 2 is 1.42 bits per heavy atom. The molecule has 1 aromatic rings. The van der Waals surface area contributed by atoms with E-state index in [2.05, 4.69) is 0 Å². The molecule has 104 valence electrons. The molecule has 1 aromatic carbocycles. The lowest BCUT2D eigenvalue weighted by atomic mass is 9.97. The van der Waals surface area contributed by atoms with Crippen molar-refractivity contribution in [3.05, 3.63) is 35.4 Å². The molecule has 0 fully saturated rings. The molecule has 0 bridgehead atoms. The van der Waals surface area contributed by atoms with Crippen LogP contribution in [0.4, 0.5) is 0 Å². The number of rotatable bonds is 6. The first-order valence-corrected chi connectivity index (χ1v) is 6.56. The molecule has 0 atom stereocenters.